The van der Waals surface area contributed by atoms with Gasteiger partial charge in [0.15, 0.2) is 0 Å². The van der Waals surface area contributed by atoms with Gasteiger partial charge in [0.2, 0.25) is 0 Å². The van der Waals surface area contributed by atoms with E-state index in [4.69, 9.17) is 0 Å². The van der Waals surface area contributed by atoms with Gasteiger partial charge in [0, 0.05) is 35.9 Å². The first-order chi connectivity index (χ1) is 11.6. The van der Waals surface area contributed by atoms with Gasteiger partial charge >= 0.3 is 0 Å². The van der Waals surface area contributed by atoms with Crippen LogP contribution in [-0.4, -0.2) is 26.8 Å². The predicted octanol–water partition coefficient (Wildman–Crippen LogP) is 4.63. The average Bonchev–Trinajstić information content (AvgIpc) is 3.22. The highest BCUT2D eigenvalue weighted by Crippen LogP contribution is 2.30. The van der Waals surface area contributed by atoms with Crippen molar-refractivity contribution in [3.8, 4) is 10.6 Å². The van der Waals surface area contributed by atoms with Crippen LogP contribution in [0.2, 0.25) is 0 Å². The molecule has 124 valence electrons. The van der Waals surface area contributed by atoms with Gasteiger partial charge in [-0.3, -0.25) is 9.78 Å². The Balaban J connectivity index is 1.88. The third kappa shape index (κ3) is 3.55. The van der Waals surface area contributed by atoms with E-state index in [-0.39, 0.29) is 11.9 Å². The standard InChI is InChI=1S/C18H19N3OS2/c1-12(2)21(10-14-5-4-7-19-9-14)18(22)16-13(3)20-17(24-16)15-6-8-23-11-15/h4-9,11-12H,10H2,1-3H3. The lowest BCUT2D eigenvalue weighted by Crippen LogP contribution is -2.36. The Morgan fingerprint density at radius 1 is 1.33 bits per heavy atom. The topological polar surface area (TPSA) is 46.1 Å². The van der Waals surface area contributed by atoms with Gasteiger partial charge in [-0.25, -0.2) is 4.98 Å². The summed E-state index contributed by atoms with van der Waals surface area (Å²) < 4.78 is 0. The summed E-state index contributed by atoms with van der Waals surface area (Å²) in [7, 11) is 0. The van der Waals surface area contributed by atoms with Crippen LogP contribution < -0.4 is 0 Å². The van der Waals surface area contributed by atoms with Gasteiger partial charge in [0.05, 0.1) is 5.69 Å². The van der Waals surface area contributed by atoms with Crippen LogP contribution >= 0.6 is 22.7 Å². The summed E-state index contributed by atoms with van der Waals surface area (Å²) in [6.07, 6.45) is 3.55. The summed E-state index contributed by atoms with van der Waals surface area (Å²) in [5, 5.41) is 4.99. The van der Waals surface area contributed by atoms with Gasteiger partial charge in [-0.2, -0.15) is 11.3 Å². The summed E-state index contributed by atoms with van der Waals surface area (Å²) in [5.74, 6) is 0.0327. The van der Waals surface area contributed by atoms with Gasteiger partial charge in [-0.15, -0.1) is 11.3 Å². The zero-order valence-corrected chi connectivity index (χ0v) is 15.5. The Bertz CT molecular complexity index is 810. The molecule has 0 bridgehead atoms. The van der Waals surface area contributed by atoms with E-state index in [1.165, 1.54) is 11.3 Å². The van der Waals surface area contributed by atoms with Crippen LogP contribution in [0.3, 0.4) is 0 Å². The molecule has 3 aromatic rings. The molecule has 0 radical (unpaired) electrons. The lowest BCUT2D eigenvalue weighted by atomic mass is 10.2. The number of carbonyl (C=O) groups is 1. The number of pyridine rings is 1. The Labute approximate surface area is 149 Å². The smallest absolute Gasteiger partial charge is 0.266 e. The average molecular weight is 358 g/mol. The quantitative estimate of drug-likeness (QED) is 0.669. The van der Waals surface area contributed by atoms with Gasteiger partial charge < -0.3 is 4.90 Å². The molecule has 0 saturated carbocycles. The van der Waals surface area contributed by atoms with E-state index in [0.29, 0.717) is 11.4 Å². The first-order valence-corrected chi connectivity index (χ1v) is 9.52. The monoisotopic (exact) mass is 357 g/mol. The second kappa shape index (κ2) is 7.23. The number of rotatable bonds is 5. The minimum atomic E-state index is 0.0327. The minimum absolute atomic E-state index is 0.0327. The lowest BCUT2D eigenvalue weighted by molar-refractivity contribution is 0.0694. The van der Waals surface area contributed by atoms with Crippen molar-refractivity contribution in [1.29, 1.82) is 0 Å². The van der Waals surface area contributed by atoms with Crippen LogP contribution in [0.5, 0.6) is 0 Å². The van der Waals surface area contributed by atoms with Crippen molar-refractivity contribution in [1.82, 2.24) is 14.9 Å². The summed E-state index contributed by atoms with van der Waals surface area (Å²) in [5.41, 5.74) is 2.90. The maximum atomic E-state index is 13.1. The van der Waals surface area contributed by atoms with Crippen molar-refractivity contribution in [2.45, 2.75) is 33.4 Å². The Hall–Kier alpha value is -2.05. The Morgan fingerprint density at radius 3 is 2.79 bits per heavy atom. The second-order valence-electron chi connectivity index (χ2n) is 5.83. The Kier molecular flexibility index (Phi) is 5.06. The van der Waals surface area contributed by atoms with E-state index in [0.717, 1.165) is 21.8 Å². The maximum Gasteiger partial charge on any atom is 0.266 e. The first kappa shape index (κ1) is 16.8. The molecule has 0 saturated heterocycles. The molecule has 6 heteroatoms. The van der Waals surface area contributed by atoms with E-state index in [1.807, 2.05) is 49.3 Å². The van der Waals surface area contributed by atoms with E-state index in [2.05, 4.69) is 15.3 Å². The zero-order valence-electron chi connectivity index (χ0n) is 13.9. The van der Waals surface area contributed by atoms with Gasteiger partial charge in [-0.1, -0.05) is 6.07 Å². The highest BCUT2D eigenvalue weighted by atomic mass is 32.1. The fourth-order valence-electron chi connectivity index (χ4n) is 2.41. The molecule has 0 aliphatic rings. The van der Waals surface area contributed by atoms with Crippen molar-refractivity contribution in [2.75, 3.05) is 0 Å². The molecule has 4 nitrogen and oxygen atoms in total. The fraction of sp³-hybridized carbons (Fsp3) is 0.278. The number of aryl methyl sites for hydroxylation is 1. The van der Waals surface area contributed by atoms with E-state index in [1.54, 1.807) is 23.7 Å². The summed E-state index contributed by atoms with van der Waals surface area (Å²) in [6, 6.07) is 6.02. The largest absolute Gasteiger partial charge is 0.331 e. The number of aromatic nitrogens is 2. The number of amides is 1. The number of thiophene rings is 1. The van der Waals surface area contributed by atoms with Crippen molar-refractivity contribution in [3.05, 3.63) is 57.5 Å². The van der Waals surface area contributed by atoms with Crippen LogP contribution in [0, 0.1) is 6.92 Å². The van der Waals surface area contributed by atoms with E-state index < -0.39 is 0 Å². The highest BCUT2D eigenvalue weighted by molar-refractivity contribution is 7.17. The molecular formula is C18H19N3OS2. The molecular weight excluding hydrogens is 338 g/mol. The number of thiazole rings is 1. The van der Waals surface area contributed by atoms with Crippen molar-refractivity contribution in [3.63, 3.8) is 0 Å². The number of nitrogens with zero attached hydrogens (tertiary/aromatic N) is 3. The third-order valence-electron chi connectivity index (χ3n) is 3.72. The molecule has 3 heterocycles. The molecule has 0 aromatic carbocycles. The third-order valence-corrected chi connectivity index (χ3v) is 5.60. The molecule has 0 N–H and O–H groups in total. The van der Waals surface area contributed by atoms with E-state index in [9.17, 15) is 4.79 Å². The molecule has 24 heavy (non-hydrogen) atoms. The molecule has 3 aromatic heterocycles. The second-order valence-corrected chi connectivity index (χ2v) is 7.61. The minimum Gasteiger partial charge on any atom is -0.331 e. The van der Waals surface area contributed by atoms with Crippen LogP contribution in [0.25, 0.3) is 10.6 Å². The lowest BCUT2D eigenvalue weighted by Gasteiger charge is -2.26. The highest BCUT2D eigenvalue weighted by Gasteiger charge is 2.24. The molecule has 1 amide bonds. The first-order valence-electron chi connectivity index (χ1n) is 7.76. The van der Waals surface area contributed by atoms with Gasteiger partial charge in [0.1, 0.15) is 9.88 Å². The van der Waals surface area contributed by atoms with Crippen LogP contribution in [0.1, 0.15) is 34.8 Å². The summed E-state index contributed by atoms with van der Waals surface area (Å²) >= 11 is 3.11. The van der Waals surface area contributed by atoms with Crippen molar-refractivity contribution < 1.29 is 4.79 Å². The van der Waals surface area contributed by atoms with Crippen molar-refractivity contribution >= 4 is 28.6 Å². The normalized spacial score (nSPS) is 11.0. The Morgan fingerprint density at radius 2 is 2.17 bits per heavy atom. The van der Waals surface area contributed by atoms with Crippen molar-refractivity contribution in [2.24, 2.45) is 0 Å². The van der Waals surface area contributed by atoms with E-state index >= 15 is 0 Å². The van der Waals surface area contributed by atoms with Crippen LogP contribution in [-0.2, 0) is 6.54 Å². The molecule has 0 aliphatic carbocycles. The van der Waals surface area contributed by atoms with Crippen LogP contribution in [0.15, 0.2) is 41.4 Å². The number of hydrogen-bond donors (Lipinski definition) is 0. The predicted molar refractivity (Wildman–Crippen MR) is 99.4 cm³/mol. The van der Waals surface area contributed by atoms with Gasteiger partial charge in [0.25, 0.3) is 5.91 Å². The molecule has 0 atom stereocenters. The summed E-state index contributed by atoms with van der Waals surface area (Å²) in [4.78, 5) is 24.4. The molecule has 0 unspecified atom stereocenters. The number of hydrogen-bond acceptors (Lipinski definition) is 5. The maximum absolute atomic E-state index is 13.1. The zero-order chi connectivity index (χ0) is 17.1. The molecule has 0 spiro atoms. The molecule has 0 fully saturated rings. The SMILES string of the molecule is Cc1nc(-c2ccsc2)sc1C(=O)N(Cc1cccnc1)C(C)C. The molecule has 3 rings (SSSR count). The number of carbonyl (C=O) groups excluding carboxylic acids is 1. The van der Waals surface area contributed by atoms with Gasteiger partial charge in [-0.05, 0) is 43.8 Å². The van der Waals surface area contributed by atoms with Crippen LogP contribution in [0.4, 0.5) is 0 Å². The fourth-order valence-corrected chi connectivity index (χ4v) is 4.15. The molecule has 0 aliphatic heterocycles. The summed E-state index contributed by atoms with van der Waals surface area (Å²) in [6.45, 7) is 6.52.